The summed E-state index contributed by atoms with van der Waals surface area (Å²) < 4.78 is 4.52. The number of nitrogens with one attached hydrogen (secondary N) is 1. The van der Waals surface area contributed by atoms with Gasteiger partial charge in [0.1, 0.15) is 6.04 Å². The van der Waals surface area contributed by atoms with E-state index in [0.717, 1.165) is 0 Å². The van der Waals surface area contributed by atoms with Crippen LogP contribution in [0.25, 0.3) is 0 Å². The van der Waals surface area contributed by atoms with E-state index in [0.29, 0.717) is 0 Å². The van der Waals surface area contributed by atoms with E-state index in [9.17, 15) is 9.59 Å². The highest BCUT2D eigenvalue weighted by molar-refractivity contribution is 5.85. The lowest BCUT2D eigenvalue weighted by atomic mass is 10.0. The Morgan fingerprint density at radius 2 is 1.93 bits per heavy atom. The molecular formula is C8H17ClN2O3. The van der Waals surface area contributed by atoms with E-state index in [1.807, 2.05) is 13.8 Å². The molecule has 1 unspecified atom stereocenters. The Balaban J connectivity index is 0. The third kappa shape index (κ3) is 5.04. The lowest BCUT2D eigenvalue weighted by Gasteiger charge is -2.19. The minimum absolute atomic E-state index is 0. The molecule has 0 fully saturated rings. The fourth-order valence-corrected chi connectivity index (χ4v) is 0.857. The summed E-state index contributed by atoms with van der Waals surface area (Å²) in [5, 5.41) is 2.48. The molecule has 0 aliphatic heterocycles. The summed E-state index contributed by atoms with van der Waals surface area (Å²) in [5.41, 5.74) is 5.10. The Morgan fingerprint density at radius 3 is 2.21 bits per heavy atom. The molecule has 0 bridgehead atoms. The monoisotopic (exact) mass is 224 g/mol. The van der Waals surface area contributed by atoms with Gasteiger partial charge in [-0.3, -0.25) is 4.79 Å². The van der Waals surface area contributed by atoms with Crippen LogP contribution >= 0.6 is 12.4 Å². The lowest BCUT2D eigenvalue weighted by molar-refractivity contribution is -0.146. The summed E-state index contributed by atoms with van der Waals surface area (Å²) in [4.78, 5) is 22.0. The Labute approximate surface area is 89.8 Å². The van der Waals surface area contributed by atoms with E-state index in [2.05, 4.69) is 10.1 Å². The number of ether oxygens (including phenoxy) is 1. The molecule has 3 N–H and O–H groups in total. The SMILES string of the molecule is COC(=O)C(NC(=O)CN)C(C)C.Cl. The van der Waals surface area contributed by atoms with Crippen molar-refractivity contribution in [3.05, 3.63) is 0 Å². The zero-order chi connectivity index (χ0) is 10.4. The number of carbonyl (C=O) groups excluding carboxylic acids is 2. The fraction of sp³-hybridized carbons (Fsp3) is 0.750. The molecule has 0 rings (SSSR count). The summed E-state index contributed by atoms with van der Waals surface area (Å²) in [6, 6.07) is -0.610. The van der Waals surface area contributed by atoms with Gasteiger partial charge in [0.05, 0.1) is 13.7 Å². The molecule has 1 amide bonds. The highest BCUT2D eigenvalue weighted by atomic mass is 35.5. The van der Waals surface area contributed by atoms with E-state index < -0.39 is 12.0 Å². The highest BCUT2D eigenvalue weighted by Gasteiger charge is 2.23. The van der Waals surface area contributed by atoms with Gasteiger partial charge in [-0.05, 0) is 5.92 Å². The van der Waals surface area contributed by atoms with Gasteiger partial charge in [-0.2, -0.15) is 0 Å². The molecule has 0 aromatic carbocycles. The molecule has 1 atom stereocenters. The van der Waals surface area contributed by atoms with E-state index >= 15 is 0 Å². The molecule has 0 saturated heterocycles. The van der Waals surface area contributed by atoms with Gasteiger partial charge in [-0.15, -0.1) is 12.4 Å². The minimum atomic E-state index is -0.610. The van der Waals surface area contributed by atoms with E-state index in [1.165, 1.54) is 7.11 Å². The average molecular weight is 225 g/mol. The summed E-state index contributed by atoms with van der Waals surface area (Å²) in [6.45, 7) is 3.51. The summed E-state index contributed by atoms with van der Waals surface area (Å²) in [6.07, 6.45) is 0. The second-order valence-corrected chi connectivity index (χ2v) is 3.02. The lowest BCUT2D eigenvalue weighted by Crippen LogP contribution is -2.47. The molecule has 0 aliphatic carbocycles. The first kappa shape index (κ1) is 15.7. The molecule has 0 aromatic rings. The van der Waals surface area contributed by atoms with Gasteiger partial charge < -0.3 is 15.8 Å². The standard InChI is InChI=1S/C8H16N2O3.ClH/c1-5(2)7(8(12)13-3)10-6(11)4-9;/h5,7H,4,9H2,1-3H3,(H,10,11);1H. The van der Waals surface area contributed by atoms with Crippen LogP contribution in [0.4, 0.5) is 0 Å². The molecule has 0 heterocycles. The summed E-state index contributed by atoms with van der Waals surface area (Å²) >= 11 is 0. The summed E-state index contributed by atoms with van der Waals surface area (Å²) in [7, 11) is 1.28. The smallest absolute Gasteiger partial charge is 0.328 e. The molecule has 84 valence electrons. The van der Waals surface area contributed by atoms with Crippen molar-refractivity contribution in [1.82, 2.24) is 5.32 Å². The van der Waals surface area contributed by atoms with Crippen LogP contribution < -0.4 is 11.1 Å². The van der Waals surface area contributed by atoms with E-state index in [-0.39, 0.29) is 30.8 Å². The number of halogens is 1. The largest absolute Gasteiger partial charge is 0.467 e. The minimum Gasteiger partial charge on any atom is -0.467 e. The third-order valence-corrected chi connectivity index (χ3v) is 1.62. The van der Waals surface area contributed by atoms with Gasteiger partial charge in [0.2, 0.25) is 5.91 Å². The maximum absolute atomic E-state index is 11.1. The summed E-state index contributed by atoms with van der Waals surface area (Å²) in [5.74, 6) is -0.816. The number of hydrogen-bond acceptors (Lipinski definition) is 4. The number of hydrogen-bond donors (Lipinski definition) is 2. The number of amides is 1. The maximum atomic E-state index is 11.1. The first-order valence-electron chi connectivity index (χ1n) is 4.10. The fourth-order valence-electron chi connectivity index (χ4n) is 0.857. The van der Waals surface area contributed by atoms with Crippen LogP contribution in [0.3, 0.4) is 0 Å². The molecular weight excluding hydrogens is 208 g/mol. The van der Waals surface area contributed by atoms with Crippen molar-refractivity contribution in [2.24, 2.45) is 11.7 Å². The maximum Gasteiger partial charge on any atom is 0.328 e. The predicted molar refractivity (Wildman–Crippen MR) is 55.1 cm³/mol. The highest BCUT2D eigenvalue weighted by Crippen LogP contribution is 2.02. The zero-order valence-corrected chi connectivity index (χ0v) is 9.39. The van der Waals surface area contributed by atoms with Crippen LogP contribution in [-0.2, 0) is 14.3 Å². The Hall–Kier alpha value is -0.810. The zero-order valence-electron chi connectivity index (χ0n) is 8.57. The molecule has 0 saturated carbocycles. The van der Waals surface area contributed by atoms with E-state index in [4.69, 9.17) is 5.73 Å². The first-order valence-corrected chi connectivity index (χ1v) is 4.10. The molecule has 0 spiro atoms. The van der Waals surface area contributed by atoms with Crippen LogP contribution in [0, 0.1) is 5.92 Å². The van der Waals surface area contributed by atoms with Crippen LogP contribution in [0.5, 0.6) is 0 Å². The van der Waals surface area contributed by atoms with Crippen molar-refractivity contribution < 1.29 is 14.3 Å². The number of rotatable bonds is 4. The molecule has 6 heteroatoms. The van der Waals surface area contributed by atoms with Gasteiger partial charge in [0.25, 0.3) is 0 Å². The molecule has 0 aromatic heterocycles. The van der Waals surface area contributed by atoms with Crippen LogP contribution in [0.1, 0.15) is 13.8 Å². The van der Waals surface area contributed by atoms with Crippen molar-refractivity contribution in [3.8, 4) is 0 Å². The van der Waals surface area contributed by atoms with Gasteiger partial charge in [0.15, 0.2) is 0 Å². The Morgan fingerprint density at radius 1 is 1.43 bits per heavy atom. The third-order valence-electron chi connectivity index (χ3n) is 1.62. The van der Waals surface area contributed by atoms with Crippen LogP contribution in [0.15, 0.2) is 0 Å². The van der Waals surface area contributed by atoms with E-state index in [1.54, 1.807) is 0 Å². The second-order valence-electron chi connectivity index (χ2n) is 3.02. The van der Waals surface area contributed by atoms with Crippen LogP contribution in [-0.4, -0.2) is 31.6 Å². The molecule has 0 aliphatic rings. The van der Waals surface area contributed by atoms with Crippen molar-refractivity contribution in [1.29, 1.82) is 0 Å². The number of carbonyl (C=O) groups is 2. The van der Waals surface area contributed by atoms with Crippen molar-refractivity contribution >= 4 is 24.3 Å². The number of methoxy groups -OCH3 is 1. The van der Waals surface area contributed by atoms with Gasteiger partial charge in [0, 0.05) is 0 Å². The molecule has 5 nitrogen and oxygen atoms in total. The average Bonchev–Trinajstić information content (AvgIpc) is 2.11. The normalized spacial score (nSPS) is 11.5. The topological polar surface area (TPSA) is 81.4 Å². The number of nitrogens with two attached hydrogens (primary N) is 1. The Bertz CT molecular complexity index is 197. The quantitative estimate of drug-likeness (QED) is 0.642. The second kappa shape index (κ2) is 7.58. The number of esters is 1. The van der Waals surface area contributed by atoms with Crippen molar-refractivity contribution in [3.63, 3.8) is 0 Å². The van der Waals surface area contributed by atoms with Crippen LogP contribution in [0.2, 0.25) is 0 Å². The van der Waals surface area contributed by atoms with Gasteiger partial charge in [-0.25, -0.2) is 4.79 Å². The predicted octanol–water partition coefficient (Wildman–Crippen LogP) is -0.319. The molecule has 14 heavy (non-hydrogen) atoms. The van der Waals surface area contributed by atoms with Crippen molar-refractivity contribution in [2.75, 3.05) is 13.7 Å². The van der Waals surface area contributed by atoms with Gasteiger partial charge in [-0.1, -0.05) is 13.8 Å². The van der Waals surface area contributed by atoms with Gasteiger partial charge >= 0.3 is 5.97 Å². The Kier molecular flexibility index (Phi) is 8.48. The molecule has 0 radical (unpaired) electrons. The van der Waals surface area contributed by atoms with Crippen molar-refractivity contribution in [2.45, 2.75) is 19.9 Å². The first-order chi connectivity index (χ1) is 6.02.